The molecule has 2 rings (SSSR count). The monoisotopic (exact) mass is 373 g/mol. The number of benzene rings is 1. The largest absolute Gasteiger partial charge is 0.469 e. The number of imide groups is 1. The Morgan fingerprint density at radius 3 is 2.00 bits per heavy atom. The van der Waals surface area contributed by atoms with Gasteiger partial charge in [-0.3, -0.25) is 19.3 Å². The molecule has 0 aromatic heterocycles. The van der Waals surface area contributed by atoms with Crippen molar-refractivity contribution >= 4 is 23.8 Å². The van der Waals surface area contributed by atoms with Crippen molar-refractivity contribution in [3.63, 3.8) is 0 Å². The van der Waals surface area contributed by atoms with Crippen LogP contribution in [0.25, 0.3) is 0 Å². The molecule has 2 amide bonds. The van der Waals surface area contributed by atoms with E-state index < -0.39 is 29.7 Å². The van der Waals surface area contributed by atoms with Crippen molar-refractivity contribution in [3.05, 3.63) is 48.0 Å². The second-order valence-corrected chi connectivity index (χ2v) is 6.42. The maximum atomic E-state index is 12.3. The third-order valence-electron chi connectivity index (χ3n) is 4.65. The van der Waals surface area contributed by atoms with Gasteiger partial charge in [0, 0.05) is 12.2 Å². The quantitative estimate of drug-likeness (QED) is 0.510. The fraction of sp³-hybridized carbons (Fsp3) is 0.400. The lowest BCUT2D eigenvalue weighted by Crippen LogP contribution is -2.46. The van der Waals surface area contributed by atoms with Gasteiger partial charge in [-0.15, -0.1) is 0 Å². The minimum atomic E-state index is -1.07. The lowest BCUT2D eigenvalue weighted by Gasteiger charge is -2.29. The molecule has 1 heterocycles. The molecule has 0 saturated carbocycles. The van der Waals surface area contributed by atoms with Gasteiger partial charge in [0.25, 0.3) is 11.8 Å². The summed E-state index contributed by atoms with van der Waals surface area (Å²) in [5.74, 6) is -2.81. The maximum Gasteiger partial charge on any atom is 0.329 e. The van der Waals surface area contributed by atoms with Gasteiger partial charge >= 0.3 is 11.9 Å². The molecule has 0 N–H and O–H groups in total. The number of nitrogens with zero attached hydrogens (tertiary/aromatic N) is 1. The van der Waals surface area contributed by atoms with E-state index in [-0.39, 0.29) is 18.3 Å². The van der Waals surface area contributed by atoms with E-state index in [0.29, 0.717) is 6.42 Å². The molecule has 1 aromatic rings. The van der Waals surface area contributed by atoms with Crippen LogP contribution in [0.15, 0.2) is 42.5 Å². The number of rotatable bonds is 8. The van der Waals surface area contributed by atoms with Crippen LogP contribution in [-0.2, 0) is 28.7 Å². The van der Waals surface area contributed by atoms with Gasteiger partial charge in [-0.05, 0) is 24.3 Å². The van der Waals surface area contributed by atoms with Crippen LogP contribution in [0.5, 0.6) is 0 Å². The van der Waals surface area contributed by atoms with E-state index in [1.807, 2.05) is 30.3 Å². The Morgan fingerprint density at radius 2 is 1.48 bits per heavy atom. The average Bonchev–Trinajstić information content (AvgIpc) is 3.02. The van der Waals surface area contributed by atoms with Gasteiger partial charge in [0.2, 0.25) is 0 Å². The molecule has 1 aliphatic rings. The SMILES string of the molecule is COC(=O)C(C)CC(CC(C(=O)OC)N1C(=O)C=CC1=O)c1ccccc1. The molecule has 0 radical (unpaired) electrons. The third kappa shape index (κ3) is 4.81. The second-order valence-electron chi connectivity index (χ2n) is 6.42. The van der Waals surface area contributed by atoms with E-state index in [9.17, 15) is 19.2 Å². The molecule has 7 nitrogen and oxygen atoms in total. The number of amides is 2. The summed E-state index contributed by atoms with van der Waals surface area (Å²) in [6, 6.07) is 8.27. The summed E-state index contributed by atoms with van der Waals surface area (Å²) >= 11 is 0. The van der Waals surface area contributed by atoms with E-state index in [1.165, 1.54) is 14.2 Å². The molecule has 0 bridgehead atoms. The summed E-state index contributed by atoms with van der Waals surface area (Å²) in [5.41, 5.74) is 0.897. The van der Waals surface area contributed by atoms with E-state index in [2.05, 4.69) is 0 Å². The number of hydrogen-bond donors (Lipinski definition) is 0. The Labute approximate surface area is 157 Å². The van der Waals surface area contributed by atoms with Crippen molar-refractivity contribution in [2.75, 3.05) is 14.2 Å². The summed E-state index contributed by atoms with van der Waals surface area (Å²) < 4.78 is 9.62. The zero-order chi connectivity index (χ0) is 20.0. The van der Waals surface area contributed by atoms with Crippen LogP contribution in [0.2, 0.25) is 0 Å². The Hall–Kier alpha value is -2.96. The minimum absolute atomic E-state index is 0.150. The predicted octanol–water partition coefficient (Wildman–Crippen LogP) is 1.83. The van der Waals surface area contributed by atoms with Crippen molar-refractivity contribution in [3.8, 4) is 0 Å². The van der Waals surface area contributed by atoms with E-state index in [0.717, 1.165) is 22.6 Å². The van der Waals surface area contributed by atoms with Gasteiger partial charge in [-0.2, -0.15) is 0 Å². The summed E-state index contributed by atoms with van der Waals surface area (Å²) in [6.07, 6.45) is 2.81. The second kappa shape index (κ2) is 9.12. The molecule has 7 heteroatoms. The lowest BCUT2D eigenvalue weighted by molar-refractivity contribution is -0.156. The molecule has 1 aromatic carbocycles. The summed E-state index contributed by atoms with van der Waals surface area (Å²) in [4.78, 5) is 49.3. The molecular weight excluding hydrogens is 350 g/mol. The average molecular weight is 373 g/mol. The van der Waals surface area contributed by atoms with Crippen molar-refractivity contribution in [2.24, 2.45) is 5.92 Å². The van der Waals surface area contributed by atoms with Gasteiger partial charge in [0.1, 0.15) is 6.04 Å². The highest BCUT2D eigenvalue weighted by molar-refractivity contribution is 6.14. The molecular formula is C20H23NO6. The van der Waals surface area contributed by atoms with Gasteiger partial charge in [0.15, 0.2) is 0 Å². The van der Waals surface area contributed by atoms with Gasteiger partial charge in [0.05, 0.1) is 20.1 Å². The first-order valence-corrected chi connectivity index (χ1v) is 8.64. The summed E-state index contributed by atoms with van der Waals surface area (Å²) in [6.45, 7) is 1.74. The molecule has 1 aliphatic heterocycles. The first-order chi connectivity index (χ1) is 12.9. The van der Waals surface area contributed by atoms with E-state index in [4.69, 9.17) is 9.47 Å². The van der Waals surface area contributed by atoms with Crippen LogP contribution in [0.3, 0.4) is 0 Å². The maximum absolute atomic E-state index is 12.3. The number of carbonyl (C=O) groups is 4. The number of esters is 2. The highest BCUT2D eigenvalue weighted by atomic mass is 16.5. The van der Waals surface area contributed by atoms with E-state index in [1.54, 1.807) is 6.92 Å². The molecule has 0 spiro atoms. The molecule has 144 valence electrons. The number of ether oxygens (including phenoxy) is 2. The van der Waals surface area contributed by atoms with Gasteiger partial charge < -0.3 is 9.47 Å². The zero-order valence-corrected chi connectivity index (χ0v) is 15.6. The van der Waals surface area contributed by atoms with Crippen LogP contribution in [0.1, 0.15) is 31.2 Å². The fourth-order valence-electron chi connectivity index (χ4n) is 3.25. The van der Waals surface area contributed by atoms with Crippen molar-refractivity contribution < 1.29 is 28.7 Å². The first kappa shape index (κ1) is 20.4. The predicted molar refractivity (Wildman–Crippen MR) is 96.4 cm³/mol. The van der Waals surface area contributed by atoms with Crippen LogP contribution in [0, 0.1) is 5.92 Å². The standard InChI is InChI=1S/C20H23NO6/c1-13(19(24)26-2)11-15(14-7-5-4-6-8-14)12-16(20(25)27-3)21-17(22)9-10-18(21)23/h4-10,13,15-16H,11-12H2,1-3H3. The molecule has 0 saturated heterocycles. The Balaban J connectivity index is 2.32. The summed E-state index contributed by atoms with van der Waals surface area (Å²) in [5, 5.41) is 0. The minimum Gasteiger partial charge on any atom is -0.469 e. The normalized spacial score (nSPS) is 16.8. The molecule has 3 unspecified atom stereocenters. The number of hydrogen-bond acceptors (Lipinski definition) is 6. The Bertz CT molecular complexity index is 724. The first-order valence-electron chi connectivity index (χ1n) is 8.64. The fourth-order valence-corrected chi connectivity index (χ4v) is 3.25. The molecule has 0 fully saturated rings. The van der Waals surface area contributed by atoms with Crippen LogP contribution >= 0.6 is 0 Å². The van der Waals surface area contributed by atoms with Gasteiger partial charge in [-0.1, -0.05) is 37.3 Å². The lowest BCUT2D eigenvalue weighted by atomic mass is 9.84. The summed E-state index contributed by atoms with van der Waals surface area (Å²) in [7, 11) is 2.53. The Kier molecular flexibility index (Phi) is 6.87. The van der Waals surface area contributed by atoms with Crippen LogP contribution in [0.4, 0.5) is 0 Å². The van der Waals surface area contributed by atoms with Crippen LogP contribution < -0.4 is 0 Å². The molecule has 3 atom stereocenters. The van der Waals surface area contributed by atoms with E-state index >= 15 is 0 Å². The highest BCUT2D eigenvalue weighted by Crippen LogP contribution is 2.31. The number of carbonyl (C=O) groups excluding carboxylic acids is 4. The zero-order valence-electron chi connectivity index (χ0n) is 15.6. The molecule has 0 aliphatic carbocycles. The Morgan fingerprint density at radius 1 is 0.926 bits per heavy atom. The highest BCUT2D eigenvalue weighted by Gasteiger charge is 2.38. The van der Waals surface area contributed by atoms with Crippen LogP contribution in [-0.4, -0.2) is 48.9 Å². The topological polar surface area (TPSA) is 90.0 Å². The van der Waals surface area contributed by atoms with Crippen molar-refractivity contribution in [2.45, 2.75) is 31.7 Å². The molecule has 27 heavy (non-hydrogen) atoms. The van der Waals surface area contributed by atoms with Crippen molar-refractivity contribution in [1.82, 2.24) is 4.90 Å². The van der Waals surface area contributed by atoms with Gasteiger partial charge in [-0.25, -0.2) is 4.79 Å². The van der Waals surface area contributed by atoms with Crippen molar-refractivity contribution in [1.29, 1.82) is 0 Å². The third-order valence-corrected chi connectivity index (χ3v) is 4.65. The number of methoxy groups -OCH3 is 2. The smallest absolute Gasteiger partial charge is 0.329 e.